The fraction of sp³-hybridized carbons (Fsp3) is 0.478. The highest BCUT2D eigenvalue weighted by Crippen LogP contribution is 2.59. The zero-order valence-corrected chi connectivity index (χ0v) is 19.5. The average molecular weight is 480 g/mol. The van der Waals surface area contributed by atoms with Crippen LogP contribution >= 0.6 is 11.6 Å². The Labute approximate surface area is 189 Å². The van der Waals surface area contributed by atoms with E-state index in [1.165, 1.54) is 67.8 Å². The molecule has 4 aliphatic rings. The number of hydrogen-bond donors (Lipinski definition) is 1. The second-order valence-corrected chi connectivity index (χ2v) is 13.8. The quantitative estimate of drug-likeness (QED) is 0.653. The van der Waals surface area contributed by atoms with Gasteiger partial charge >= 0.3 is 0 Å². The highest BCUT2D eigenvalue weighted by atomic mass is 35.5. The molecule has 0 aromatic heterocycles. The topological polar surface area (TPSA) is 80.3 Å². The first-order chi connectivity index (χ1) is 14.7. The van der Waals surface area contributed by atoms with Gasteiger partial charge in [0.2, 0.25) is 19.9 Å². The van der Waals surface area contributed by atoms with Crippen LogP contribution in [0.5, 0.6) is 0 Å². The lowest BCUT2D eigenvalue weighted by molar-refractivity contribution is -0.0487. The molecule has 31 heavy (non-hydrogen) atoms. The summed E-state index contributed by atoms with van der Waals surface area (Å²) in [5.41, 5.74) is 0.0643. The van der Waals surface area contributed by atoms with Crippen LogP contribution in [0.4, 0.5) is 0 Å². The van der Waals surface area contributed by atoms with Crippen molar-refractivity contribution in [3.05, 3.63) is 53.6 Å². The van der Waals surface area contributed by atoms with Crippen LogP contribution in [-0.2, 0) is 19.9 Å². The first-order valence-electron chi connectivity index (χ1n) is 10.8. The lowest BCUT2D eigenvalue weighted by Gasteiger charge is -2.56. The zero-order chi connectivity index (χ0) is 21.9. The highest BCUT2D eigenvalue weighted by molar-refractivity contribution is 7.91. The summed E-state index contributed by atoms with van der Waals surface area (Å²) >= 11 is 5.86. The summed E-state index contributed by atoms with van der Waals surface area (Å²) in [5, 5.41) is 0.434. The molecule has 5 nitrogen and oxygen atoms in total. The molecule has 0 atom stereocenters. The van der Waals surface area contributed by atoms with E-state index in [4.69, 9.17) is 11.6 Å². The predicted molar refractivity (Wildman–Crippen MR) is 119 cm³/mol. The molecule has 0 heterocycles. The first kappa shape index (κ1) is 21.4. The van der Waals surface area contributed by atoms with Crippen LogP contribution in [0, 0.1) is 23.2 Å². The van der Waals surface area contributed by atoms with Crippen LogP contribution in [0.2, 0.25) is 5.02 Å². The van der Waals surface area contributed by atoms with Crippen molar-refractivity contribution in [3.63, 3.8) is 0 Å². The van der Waals surface area contributed by atoms with Crippen molar-refractivity contribution in [1.82, 2.24) is 4.72 Å². The Bertz CT molecular complexity index is 1170. The van der Waals surface area contributed by atoms with E-state index >= 15 is 0 Å². The van der Waals surface area contributed by atoms with Gasteiger partial charge in [0.1, 0.15) is 0 Å². The Balaban J connectivity index is 1.37. The van der Waals surface area contributed by atoms with Gasteiger partial charge in [-0.05, 0) is 104 Å². The lowest BCUT2D eigenvalue weighted by atomic mass is 9.50. The largest absolute Gasteiger partial charge is 0.240 e. The van der Waals surface area contributed by atoms with Crippen molar-refractivity contribution < 1.29 is 16.8 Å². The van der Waals surface area contributed by atoms with Crippen molar-refractivity contribution in [2.75, 3.05) is 6.54 Å². The van der Waals surface area contributed by atoms with Gasteiger partial charge in [-0.1, -0.05) is 17.7 Å². The molecule has 4 aliphatic carbocycles. The summed E-state index contributed by atoms with van der Waals surface area (Å²) in [6.45, 7) is 0.437. The number of benzene rings is 2. The average Bonchev–Trinajstić information content (AvgIpc) is 2.72. The Morgan fingerprint density at radius 2 is 1.35 bits per heavy atom. The van der Waals surface area contributed by atoms with E-state index in [2.05, 4.69) is 4.72 Å². The number of sulfonamides is 1. The van der Waals surface area contributed by atoms with E-state index in [1.54, 1.807) is 0 Å². The number of sulfone groups is 1. The fourth-order valence-corrected chi connectivity index (χ4v) is 9.11. The Hall–Kier alpha value is -1.41. The van der Waals surface area contributed by atoms with Gasteiger partial charge in [-0.15, -0.1) is 0 Å². The molecule has 0 spiro atoms. The SMILES string of the molecule is O=S(=O)(NCC12CC3CC(CC(C3)C1)C2)c1cccc(S(=O)(=O)c2ccc(Cl)cc2)c1. The minimum absolute atomic E-state index is 0.0210. The van der Waals surface area contributed by atoms with Gasteiger partial charge in [-0.25, -0.2) is 21.6 Å². The zero-order valence-electron chi connectivity index (χ0n) is 17.1. The second kappa shape index (κ2) is 7.58. The van der Waals surface area contributed by atoms with Crippen molar-refractivity contribution >= 4 is 31.5 Å². The monoisotopic (exact) mass is 479 g/mol. The first-order valence-corrected chi connectivity index (χ1v) is 14.1. The van der Waals surface area contributed by atoms with Gasteiger partial charge < -0.3 is 0 Å². The van der Waals surface area contributed by atoms with Crippen LogP contribution in [0.3, 0.4) is 0 Å². The van der Waals surface area contributed by atoms with Gasteiger partial charge in [0.15, 0.2) is 0 Å². The minimum atomic E-state index is -3.84. The minimum Gasteiger partial charge on any atom is -0.219 e. The number of halogens is 1. The van der Waals surface area contributed by atoms with Crippen molar-refractivity contribution in [2.45, 2.75) is 53.2 Å². The molecule has 6 rings (SSSR count). The summed E-state index contributed by atoms with van der Waals surface area (Å²) in [4.78, 5) is 0.00717. The van der Waals surface area contributed by atoms with Crippen molar-refractivity contribution in [3.8, 4) is 0 Å². The summed E-state index contributed by atoms with van der Waals surface area (Å²) in [6, 6.07) is 11.4. The summed E-state index contributed by atoms with van der Waals surface area (Å²) in [7, 11) is -7.65. The molecular formula is C23H26ClNO4S2. The second-order valence-electron chi connectivity index (χ2n) is 9.67. The summed E-state index contributed by atoms with van der Waals surface area (Å²) in [5.74, 6) is 2.22. The standard InChI is InChI=1S/C23H26ClNO4S2/c24-19-4-6-20(7-5-19)30(26,27)21-2-1-3-22(11-21)31(28,29)25-15-23-12-16-8-17(13-23)10-18(9-16)14-23/h1-7,11,16-18,25H,8-10,12-15H2. The smallest absolute Gasteiger partial charge is 0.219 e. The van der Waals surface area contributed by atoms with Gasteiger partial charge in [0.25, 0.3) is 0 Å². The lowest BCUT2D eigenvalue weighted by Crippen LogP contribution is -2.51. The molecule has 4 bridgehead atoms. The molecule has 0 amide bonds. The molecule has 4 saturated carbocycles. The normalized spacial score (nSPS) is 29.9. The van der Waals surface area contributed by atoms with E-state index in [9.17, 15) is 16.8 Å². The summed E-state index contributed by atoms with van der Waals surface area (Å²) < 4.78 is 54.8. The maximum absolute atomic E-state index is 13.1. The Morgan fingerprint density at radius 1 is 0.806 bits per heavy atom. The Morgan fingerprint density at radius 3 is 1.94 bits per heavy atom. The fourth-order valence-electron chi connectivity index (χ4n) is 6.40. The molecule has 2 aromatic rings. The molecule has 0 saturated heterocycles. The molecule has 4 fully saturated rings. The highest BCUT2D eigenvalue weighted by Gasteiger charge is 2.51. The third kappa shape index (κ3) is 4.06. The van der Waals surface area contributed by atoms with Gasteiger partial charge in [0, 0.05) is 11.6 Å². The number of nitrogens with one attached hydrogen (secondary N) is 1. The van der Waals surface area contributed by atoms with Crippen LogP contribution in [-0.4, -0.2) is 23.4 Å². The molecule has 1 N–H and O–H groups in total. The Kier molecular flexibility index (Phi) is 5.24. The van der Waals surface area contributed by atoms with E-state index < -0.39 is 19.9 Å². The third-order valence-electron chi connectivity index (χ3n) is 7.35. The van der Waals surface area contributed by atoms with Gasteiger partial charge in [-0.3, -0.25) is 0 Å². The van der Waals surface area contributed by atoms with Crippen LogP contribution in [0.15, 0.2) is 63.2 Å². The molecule has 8 heteroatoms. The number of hydrogen-bond acceptors (Lipinski definition) is 4. The van der Waals surface area contributed by atoms with E-state index in [0.717, 1.165) is 37.0 Å². The molecule has 166 valence electrons. The molecule has 0 aliphatic heterocycles. The third-order valence-corrected chi connectivity index (χ3v) is 10.8. The maximum atomic E-state index is 13.1. The van der Waals surface area contributed by atoms with Crippen LogP contribution in [0.1, 0.15) is 38.5 Å². The molecular weight excluding hydrogens is 454 g/mol. The van der Waals surface area contributed by atoms with Crippen molar-refractivity contribution in [1.29, 1.82) is 0 Å². The van der Waals surface area contributed by atoms with Gasteiger partial charge in [0.05, 0.1) is 14.7 Å². The van der Waals surface area contributed by atoms with Crippen LogP contribution in [0.25, 0.3) is 0 Å². The van der Waals surface area contributed by atoms with E-state index in [1.807, 2.05) is 0 Å². The number of rotatable bonds is 6. The predicted octanol–water partition coefficient (Wildman–Crippen LogP) is 4.67. The molecule has 0 unspecified atom stereocenters. The summed E-state index contributed by atoms with van der Waals surface area (Å²) in [6.07, 6.45) is 7.22. The van der Waals surface area contributed by atoms with E-state index in [0.29, 0.717) is 11.6 Å². The van der Waals surface area contributed by atoms with Gasteiger partial charge in [-0.2, -0.15) is 0 Å². The van der Waals surface area contributed by atoms with E-state index in [-0.39, 0.29) is 20.1 Å². The van der Waals surface area contributed by atoms with Crippen LogP contribution < -0.4 is 4.72 Å². The maximum Gasteiger partial charge on any atom is 0.240 e. The molecule has 2 aromatic carbocycles. The van der Waals surface area contributed by atoms with Crippen molar-refractivity contribution in [2.24, 2.45) is 23.2 Å². The molecule has 0 radical (unpaired) electrons.